The summed E-state index contributed by atoms with van der Waals surface area (Å²) in [6.45, 7) is 1.84. The first-order chi connectivity index (χ1) is 15.4. The van der Waals surface area contributed by atoms with Crippen LogP contribution >= 0.6 is 11.3 Å². The van der Waals surface area contributed by atoms with Gasteiger partial charge in [-0.1, -0.05) is 60.7 Å². The van der Waals surface area contributed by atoms with Crippen molar-refractivity contribution in [2.75, 3.05) is 7.11 Å². The fourth-order valence-electron chi connectivity index (χ4n) is 4.70. The number of allylic oxidation sites excluding steroid dienone is 1. The maximum absolute atomic E-state index is 10.2. The molecule has 1 atom stereocenters. The first kappa shape index (κ1) is 21.2. The Morgan fingerprint density at radius 3 is 2.38 bits per heavy atom. The first-order valence-electron chi connectivity index (χ1n) is 10.8. The molecule has 1 fully saturated rings. The molecule has 0 saturated heterocycles. The molecule has 1 aliphatic heterocycles. The number of aromatic nitrogens is 1. The number of ether oxygens (including phenoxy) is 1. The fourth-order valence-corrected chi connectivity index (χ4v) is 5.80. The molecule has 0 amide bonds. The number of nitrogens with zero attached hydrogens (tertiary/aromatic N) is 2. The van der Waals surface area contributed by atoms with Gasteiger partial charge in [-0.2, -0.15) is 0 Å². The van der Waals surface area contributed by atoms with Gasteiger partial charge in [-0.3, -0.25) is 4.99 Å². The summed E-state index contributed by atoms with van der Waals surface area (Å²) in [6.07, 6.45) is 5.78. The Morgan fingerprint density at radius 1 is 1.06 bits per heavy atom. The molecule has 6 heteroatoms. The molecular formula is C26H27N3O2S. The minimum Gasteiger partial charge on any atom is -0.390 e. The quantitative estimate of drug-likeness (QED) is 0.579. The Morgan fingerprint density at radius 2 is 1.78 bits per heavy atom. The molecule has 5 rings (SSSR count). The predicted molar refractivity (Wildman–Crippen MR) is 131 cm³/mol. The summed E-state index contributed by atoms with van der Waals surface area (Å²) in [6, 6.07) is 18.7. The molecule has 1 aliphatic carbocycles. The van der Waals surface area contributed by atoms with Crippen molar-refractivity contribution in [3.8, 4) is 21.7 Å². The zero-order valence-corrected chi connectivity index (χ0v) is 19.1. The van der Waals surface area contributed by atoms with Gasteiger partial charge >= 0.3 is 0 Å². The highest BCUT2D eigenvalue weighted by Crippen LogP contribution is 2.47. The Bertz CT molecular complexity index is 1170. The average molecular weight is 446 g/mol. The van der Waals surface area contributed by atoms with Crippen LogP contribution in [0.1, 0.15) is 36.8 Å². The summed E-state index contributed by atoms with van der Waals surface area (Å²) < 4.78 is 5.32. The number of nitrogens with two attached hydrogens (primary N) is 1. The smallest absolute Gasteiger partial charge is 0.151 e. The van der Waals surface area contributed by atoms with Crippen LogP contribution in [0.15, 0.2) is 65.7 Å². The van der Waals surface area contributed by atoms with Crippen molar-refractivity contribution in [1.29, 1.82) is 0 Å². The standard InChI is InChI=1S/C26H27N3O2S/c1-25(30)15-26(27,16-25)20-11-8-17(9-12-20)22-23(18-6-4-3-5-7-18)32-24(29-22)19-10-13-21(31-2)28-14-19/h3-12,14,21,30H,13,15-16,27H2,1-2H3. The third-order valence-electron chi connectivity index (χ3n) is 6.23. The topological polar surface area (TPSA) is 80.7 Å². The SMILES string of the molecule is COC1CC=C(c2nc(-c3ccc(C4(N)CC(C)(O)C4)cc3)c(-c3ccccc3)s2)C=N1. The lowest BCUT2D eigenvalue weighted by atomic mass is 9.63. The van der Waals surface area contributed by atoms with Crippen molar-refractivity contribution in [1.82, 2.24) is 4.98 Å². The normalized spacial score (nSPS) is 27.1. The van der Waals surface area contributed by atoms with E-state index >= 15 is 0 Å². The Labute approximate surface area is 192 Å². The molecule has 164 valence electrons. The van der Waals surface area contributed by atoms with Crippen LogP contribution < -0.4 is 5.73 Å². The molecule has 32 heavy (non-hydrogen) atoms. The zero-order chi connectivity index (χ0) is 22.3. The molecule has 0 spiro atoms. The lowest BCUT2D eigenvalue weighted by Gasteiger charge is -2.49. The number of rotatable bonds is 5. The number of aliphatic hydroxyl groups is 1. The van der Waals surface area contributed by atoms with Gasteiger partial charge in [0.1, 0.15) is 5.01 Å². The summed E-state index contributed by atoms with van der Waals surface area (Å²) in [4.78, 5) is 10.6. The van der Waals surface area contributed by atoms with Gasteiger partial charge in [0.15, 0.2) is 6.23 Å². The van der Waals surface area contributed by atoms with Crippen LogP contribution in [0.2, 0.25) is 0 Å². The maximum atomic E-state index is 10.2. The molecule has 3 N–H and O–H groups in total. The summed E-state index contributed by atoms with van der Waals surface area (Å²) in [5, 5.41) is 11.1. The van der Waals surface area contributed by atoms with Crippen molar-refractivity contribution < 1.29 is 9.84 Å². The second kappa shape index (κ2) is 8.05. The summed E-state index contributed by atoms with van der Waals surface area (Å²) in [5.74, 6) is 0. The average Bonchev–Trinajstić information content (AvgIpc) is 3.24. The van der Waals surface area contributed by atoms with Gasteiger partial charge in [-0.15, -0.1) is 11.3 Å². The van der Waals surface area contributed by atoms with Gasteiger partial charge in [0.2, 0.25) is 0 Å². The van der Waals surface area contributed by atoms with Gasteiger partial charge in [-0.05, 0) is 30.9 Å². The molecule has 1 aromatic heterocycles. The lowest BCUT2D eigenvalue weighted by molar-refractivity contribution is -0.0738. The number of aliphatic imine (C=N–C) groups is 1. The highest BCUT2D eigenvalue weighted by Gasteiger charge is 2.49. The van der Waals surface area contributed by atoms with Crippen LogP contribution in [-0.2, 0) is 10.3 Å². The van der Waals surface area contributed by atoms with Crippen molar-refractivity contribution >= 4 is 23.1 Å². The Balaban J connectivity index is 1.51. The van der Waals surface area contributed by atoms with Crippen molar-refractivity contribution in [2.24, 2.45) is 10.7 Å². The van der Waals surface area contributed by atoms with E-state index in [1.54, 1.807) is 18.4 Å². The second-order valence-corrected chi connectivity index (χ2v) is 10.0. The third-order valence-corrected chi connectivity index (χ3v) is 7.38. The number of hydrogen-bond acceptors (Lipinski definition) is 6. The van der Waals surface area contributed by atoms with Crippen LogP contribution in [0.4, 0.5) is 0 Å². The van der Waals surface area contributed by atoms with Crippen molar-refractivity contribution in [3.63, 3.8) is 0 Å². The summed E-state index contributed by atoms with van der Waals surface area (Å²) >= 11 is 1.68. The van der Waals surface area contributed by atoms with Gasteiger partial charge < -0.3 is 15.6 Å². The van der Waals surface area contributed by atoms with Crippen LogP contribution in [0.5, 0.6) is 0 Å². The van der Waals surface area contributed by atoms with E-state index in [2.05, 4.69) is 47.5 Å². The van der Waals surface area contributed by atoms with Gasteiger partial charge in [0, 0.05) is 36.4 Å². The Kier molecular flexibility index (Phi) is 5.34. The number of benzene rings is 2. The van der Waals surface area contributed by atoms with E-state index in [1.165, 1.54) is 0 Å². The van der Waals surface area contributed by atoms with E-state index in [4.69, 9.17) is 15.5 Å². The Hall–Kier alpha value is -2.64. The minimum atomic E-state index is -0.672. The summed E-state index contributed by atoms with van der Waals surface area (Å²) in [5.41, 5.74) is 10.6. The summed E-state index contributed by atoms with van der Waals surface area (Å²) in [7, 11) is 1.68. The fraction of sp³-hybridized carbons (Fsp3) is 0.308. The van der Waals surface area contributed by atoms with Gasteiger partial charge in [0.25, 0.3) is 0 Å². The number of hydrogen-bond donors (Lipinski definition) is 2. The number of thiazole rings is 1. The van der Waals surface area contributed by atoms with E-state index in [0.717, 1.165) is 44.3 Å². The van der Waals surface area contributed by atoms with Crippen LogP contribution in [0.25, 0.3) is 27.3 Å². The van der Waals surface area contributed by atoms with E-state index in [1.807, 2.05) is 31.3 Å². The molecule has 3 aromatic rings. The van der Waals surface area contributed by atoms with Crippen molar-refractivity contribution in [2.45, 2.75) is 43.6 Å². The van der Waals surface area contributed by atoms with Crippen LogP contribution in [-0.4, -0.2) is 35.2 Å². The minimum absolute atomic E-state index is 0.116. The largest absolute Gasteiger partial charge is 0.390 e. The molecule has 5 nitrogen and oxygen atoms in total. The molecule has 0 bridgehead atoms. The second-order valence-electron chi connectivity index (χ2n) is 9.01. The van der Waals surface area contributed by atoms with E-state index in [9.17, 15) is 5.11 Å². The molecule has 2 heterocycles. The molecule has 1 unspecified atom stereocenters. The highest BCUT2D eigenvalue weighted by molar-refractivity contribution is 7.17. The zero-order valence-electron chi connectivity index (χ0n) is 18.3. The molecule has 0 radical (unpaired) electrons. The first-order valence-corrected chi connectivity index (χ1v) is 11.6. The van der Waals surface area contributed by atoms with E-state index in [-0.39, 0.29) is 6.23 Å². The van der Waals surface area contributed by atoms with Gasteiger partial charge in [-0.25, -0.2) is 4.98 Å². The monoisotopic (exact) mass is 445 g/mol. The molecular weight excluding hydrogens is 418 g/mol. The van der Waals surface area contributed by atoms with E-state index < -0.39 is 11.1 Å². The highest BCUT2D eigenvalue weighted by atomic mass is 32.1. The van der Waals surface area contributed by atoms with Crippen LogP contribution in [0, 0.1) is 0 Å². The maximum Gasteiger partial charge on any atom is 0.151 e. The molecule has 1 saturated carbocycles. The van der Waals surface area contributed by atoms with Crippen LogP contribution in [0.3, 0.4) is 0 Å². The molecule has 2 aliphatic rings. The predicted octanol–water partition coefficient (Wildman–Crippen LogP) is 5.01. The van der Waals surface area contributed by atoms with Gasteiger partial charge in [0.05, 0.1) is 16.2 Å². The lowest BCUT2D eigenvalue weighted by Crippen LogP contribution is -2.58. The third kappa shape index (κ3) is 3.95. The van der Waals surface area contributed by atoms with Crippen molar-refractivity contribution in [3.05, 3.63) is 71.2 Å². The molecule has 2 aromatic carbocycles. The number of methoxy groups -OCH3 is 1. The van der Waals surface area contributed by atoms with E-state index in [0.29, 0.717) is 12.8 Å². The number of dihydropyridines is 1.